The van der Waals surface area contributed by atoms with E-state index in [9.17, 15) is 19.8 Å². The second kappa shape index (κ2) is 11.1. The van der Waals surface area contributed by atoms with Crippen molar-refractivity contribution in [3.8, 4) is 0 Å². The molecule has 34 heavy (non-hydrogen) atoms. The van der Waals surface area contributed by atoms with E-state index >= 15 is 0 Å². The number of hydrogen-bond acceptors (Lipinski definition) is 11. The van der Waals surface area contributed by atoms with Crippen LogP contribution in [0.2, 0.25) is 0 Å². The number of rotatable bonds is 8. The highest BCUT2D eigenvalue weighted by Gasteiger charge is 2.48. The highest BCUT2D eigenvalue weighted by atomic mass is 16.6. The van der Waals surface area contributed by atoms with Crippen LogP contribution >= 0.6 is 0 Å². The van der Waals surface area contributed by atoms with Gasteiger partial charge in [-0.1, -0.05) is 6.42 Å². The van der Waals surface area contributed by atoms with Crippen molar-refractivity contribution in [1.82, 2.24) is 25.8 Å². The molecule has 4 aliphatic rings. The number of likely N-dealkylation sites (tertiary alicyclic amines) is 1. The SMILES string of the molecule is COC(=O)NC[C@H]1O[C@@H](N2C=NC3=C(NC(=O)CCCN4CCCCC4)N=CNC32)[C@H](O)[C@@H]1O. The van der Waals surface area contributed by atoms with Crippen molar-refractivity contribution < 1.29 is 29.3 Å². The summed E-state index contributed by atoms with van der Waals surface area (Å²) in [5.41, 5.74) is 0.480. The van der Waals surface area contributed by atoms with Crippen LogP contribution < -0.4 is 16.0 Å². The van der Waals surface area contributed by atoms with Gasteiger partial charge in [0.25, 0.3) is 0 Å². The minimum absolute atomic E-state index is 0.0344. The Morgan fingerprint density at radius 1 is 1.24 bits per heavy atom. The number of fused-ring (bicyclic) bond motifs is 1. The van der Waals surface area contributed by atoms with Gasteiger partial charge in [0, 0.05) is 13.0 Å². The van der Waals surface area contributed by atoms with Gasteiger partial charge < -0.3 is 45.4 Å². The lowest BCUT2D eigenvalue weighted by Crippen LogP contribution is -2.53. The zero-order valence-corrected chi connectivity index (χ0v) is 19.2. The van der Waals surface area contributed by atoms with Gasteiger partial charge in [0.05, 0.1) is 19.8 Å². The van der Waals surface area contributed by atoms with E-state index in [1.807, 2.05) is 0 Å². The lowest BCUT2D eigenvalue weighted by atomic mass is 10.1. The maximum atomic E-state index is 12.5. The average Bonchev–Trinajstić information content (AvgIpc) is 3.40. The van der Waals surface area contributed by atoms with Crippen molar-refractivity contribution in [3.63, 3.8) is 0 Å². The Kier molecular flexibility index (Phi) is 7.98. The number of hydrogen-bond donors (Lipinski definition) is 5. The standard InChI is InChI=1S/C21H33N7O6/c1-33-21(32)22-10-13-16(30)17(31)20(34-13)28-12-25-15-18(23-11-24-19(15)28)26-14(29)6-5-9-27-7-3-2-4-8-27/h11-13,16-17,19-20,30-31H,2-10H2,1H3,(H,22,32)(H,23,24)(H,26,29)/t13-,16-,17-,19?,20-/m1/s1. The van der Waals surface area contributed by atoms with Crippen LogP contribution in [0.5, 0.6) is 0 Å². The molecule has 0 spiro atoms. The molecule has 0 aromatic heterocycles. The molecule has 0 aromatic carbocycles. The molecule has 13 heteroatoms. The normalized spacial score (nSPS) is 30.8. The van der Waals surface area contributed by atoms with Gasteiger partial charge in [-0.2, -0.15) is 0 Å². The number of piperidine rings is 1. The summed E-state index contributed by atoms with van der Waals surface area (Å²) >= 11 is 0. The number of aliphatic hydroxyl groups excluding tert-OH is 2. The van der Waals surface area contributed by atoms with Crippen molar-refractivity contribution in [2.24, 2.45) is 9.98 Å². The number of amides is 2. The summed E-state index contributed by atoms with van der Waals surface area (Å²) in [6, 6.07) is 0. The molecule has 0 aromatic rings. The third-order valence-electron chi connectivity index (χ3n) is 6.40. The molecular weight excluding hydrogens is 446 g/mol. The van der Waals surface area contributed by atoms with E-state index in [1.54, 1.807) is 4.90 Å². The van der Waals surface area contributed by atoms with Crippen LogP contribution in [-0.4, -0.2) is 109 Å². The molecule has 4 aliphatic heterocycles. The van der Waals surface area contributed by atoms with E-state index in [-0.39, 0.29) is 12.5 Å². The molecule has 5 N–H and O–H groups in total. The Morgan fingerprint density at radius 3 is 2.79 bits per heavy atom. The summed E-state index contributed by atoms with van der Waals surface area (Å²) in [4.78, 5) is 36.4. The molecule has 2 saturated heterocycles. The third kappa shape index (κ3) is 5.49. The number of aliphatic imine (C=N–C) groups is 2. The Hall–Kier alpha value is -2.74. The Labute approximate surface area is 197 Å². The van der Waals surface area contributed by atoms with Crippen LogP contribution in [0.4, 0.5) is 4.79 Å². The summed E-state index contributed by atoms with van der Waals surface area (Å²) in [5.74, 6) is 0.204. The first-order valence-corrected chi connectivity index (χ1v) is 11.7. The molecule has 2 fully saturated rings. The Morgan fingerprint density at radius 2 is 2.03 bits per heavy atom. The summed E-state index contributed by atoms with van der Waals surface area (Å²) in [7, 11) is 1.23. The van der Waals surface area contributed by atoms with Gasteiger partial charge in [0.2, 0.25) is 5.91 Å². The molecule has 4 rings (SSSR count). The maximum Gasteiger partial charge on any atom is 0.406 e. The van der Waals surface area contributed by atoms with Crippen molar-refractivity contribution in [1.29, 1.82) is 0 Å². The smallest absolute Gasteiger partial charge is 0.406 e. The van der Waals surface area contributed by atoms with Gasteiger partial charge in [-0.15, -0.1) is 0 Å². The molecule has 0 radical (unpaired) electrons. The van der Waals surface area contributed by atoms with Gasteiger partial charge in [-0.3, -0.25) is 4.79 Å². The summed E-state index contributed by atoms with van der Waals surface area (Å²) in [5, 5.41) is 29.2. The van der Waals surface area contributed by atoms with Gasteiger partial charge in [-0.25, -0.2) is 14.8 Å². The number of ether oxygens (including phenoxy) is 2. The number of carbonyl (C=O) groups excluding carboxylic acids is 2. The van der Waals surface area contributed by atoms with E-state index in [0.717, 1.165) is 26.1 Å². The largest absolute Gasteiger partial charge is 0.453 e. The fourth-order valence-corrected chi connectivity index (χ4v) is 4.55. The van der Waals surface area contributed by atoms with Gasteiger partial charge >= 0.3 is 6.09 Å². The molecule has 0 bridgehead atoms. The molecule has 2 amide bonds. The molecule has 4 heterocycles. The van der Waals surface area contributed by atoms with Crippen molar-refractivity contribution in [3.05, 3.63) is 11.5 Å². The number of alkyl carbamates (subject to hydrolysis) is 1. The van der Waals surface area contributed by atoms with Crippen LogP contribution in [-0.2, 0) is 14.3 Å². The fourth-order valence-electron chi connectivity index (χ4n) is 4.55. The van der Waals surface area contributed by atoms with Crippen LogP contribution in [0.3, 0.4) is 0 Å². The lowest BCUT2D eigenvalue weighted by molar-refractivity contribution is -0.120. The first kappa shape index (κ1) is 24.4. The second-order valence-electron chi connectivity index (χ2n) is 8.73. The van der Waals surface area contributed by atoms with E-state index in [1.165, 1.54) is 39.0 Å². The second-order valence-corrected chi connectivity index (χ2v) is 8.73. The first-order chi connectivity index (χ1) is 16.5. The Bertz CT molecular complexity index is 843. The monoisotopic (exact) mass is 479 g/mol. The third-order valence-corrected chi connectivity index (χ3v) is 6.40. The summed E-state index contributed by atoms with van der Waals surface area (Å²) < 4.78 is 10.3. The summed E-state index contributed by atoms with van der Waals surface area (Å²) in [6.45, 7) is 3.07. The van der Waals surface area contributed by atoms with Gasteiger partial charge in [0.15, 0.2) is 18.2 Å². The van der Waals surface area contributed by atoms with E-state index in [0.29, 0.717) is 17.9 Å². The zero-order valence-electron chi connectivity index (χ0n) is 19.2. The van der Waals surface area contributed by atoms with Crippen molar-refractivity contribution in [2.75, 3.05) is 33.3 Å². The number of nitrogens with one attached hydrogen (secondary N) is 3. The van der Waals surface area contributed by atoms with Gasteiger partial charge in [0.1, 0.15) is 24.0 Å². The molecule has 13 nitrogen and oxygen atoms in total. The van der Waals surface area contributed by atoms with Crippen LogP contribution in [0.1, 0.15) is 32.1 Å². The van der Waals surface area contributed by atoms with Crippen molar-refractivity contribution in [2.45, 2.75) is 62.8 Å². The highest BCUT2D eigenvalue weighted by molar-refractivity contribution is 5.79. The van der Waals surface area contributed by atoms with Crippen LogP contribution in [0.15, 0.2) is 21.5 Å². The minimum atomic E-state index is -1.25. The van der Waals surface area contributed by atoms with Crippen molar-refractivity contribution >= 4 is 24.7 Å². The molecule has 1 unspecified atom stereocenters. The molecule has 0 aliphatic carbocycles. The predicted octanol–water partition coefficient (Wildman–Crippen LogP) is -1.36. The molecular formula is C21H33N7O6. The Balaban J connectivity index is 1.32. The van der Waals surface area contributed by atoms with E-state index < -0.39 is 36.8 Å². The topological polar surface area (TPSA) is 160 Å². The summed E-state index contributed by atoms with van der Waals surface area (Å²) in [6.07, 6.45) is 2.38. The van der Waals surface area contributed by atoms with Crippen LogP contribution in [0, 0.1) is 0 Å². The molecule has 5 atom stereocenters. The fraction of sp³-hybridized carbons (Fsp3) is 0.714. The maximum absolute atomic E-state index is 12.5. The quantitative estimate of drug-likeness (QED) is 0.283. The minimum Gasteiger partial charge on any atom is -0.453 e. The number of nitrogens with zero attached hydrogens (tertiary/aromatic N) is 4. The van der Waals surface area contributed by atoms with E-state index in [4.69, 9.17) is 4.74 Å². The number of methoxy groups -OCH3 is 1. The molecule has 188 valence electrons. The average molecular weight is 480 g/mol. The number of carbonyl (C=O) groups is 2. The highest BCUT2D eigenvalue weighted by Crippen LogP contribution is 2.30. The predicted molar refractivity (Wildman–Crippen MR) is 122 cm³/mol. The molecule has 0 saturated carbocycles. The lowest BCUT2D eigenvalue weighted by Gasteiger charge is -2.32. The van der Waals surface area contributed by atoms with Crippen LogP contribution in [0.25, 0.3) is 0 Å². The number of aliphatic hydroxyl groups is 2. The van der Waals surface area contributed by atoms with Gasteiger partial charge in [-0.05, 0) is 38.9 Å². The van der Waals surface area contributed by atoms with E-state index in [2.05, 4.69) is 35.6 Å². The zero-order chi connectivity index (χ0) is 24.1. The first-order valence-electron chi connectivity index (χ1n) is 11.7.